The quantitative estimate of drug-likeness (QED) is 0.572. The third-order valence-electron chi connectivity index (χ3n) is 1.39. The zero-order chi connectivity index (χ0) is 7.98. The third-order valence-corrected chi connectivity index (χ3v) is 1.39. The summed E-state index contributed by atoms with van der Waals surface area (Å²) in [4.78, 5) is 10.9. The van der Waals surface area contributed by atoms with Gasteiger partial charge in [0.15, 0.2) is 0 Å². The summed E-state index contributed by atoms with van der Waals surface area (Å²) in [7, 11) is 0. The molecule has 3 nitrogen and oxygen atoms in total. The molecule has 0 radical (unpaired) electrons. The lowest BCUT2D eigenvalue weighted by atomic mass is 10.0. The zero-order valence-electron chi connectivity index (χ0n) is 6.21. The smallest absolute Gasteiger partial charge is 0.140 e. The van der Waals surface area contributed by atoms with Gasteiger partial charge < -0.3 is 10.2 Å². The second-order valence-electron chi connectivity index (χ2n) is 2.28. The van der Waals surface area contributed by atoms with E-state index < -0.39 is 5.92 Å². The summed E-state index contributed by atoms with van der Waals surface area (Å²) in [5, 5.41) is 17.1. The fraction of sp³-hybridized carbons (Fsp3) is 0.857. The first-order valence-electron chi connectivity index (χ1n) is 3.50. The van der Waals surface area contributed by atoms with Gasteiger partial charge in [0.2, 0.25) is 0 Å². The van der Waals surface area contributed by atoms with Gasteiger partial charge in [0.25, 0.3) is 0 Å². The Morgan fingerprint density at radius 2 is 1.90 bits per heavy atom. The van der Waals surface area contributed by atoms with Gasteiger partial charge in [-0.15, -0.1) is 0 Å². The topological polar surface area (TPSA) is 57.5 Å². The van der Waals surface area contributed by atoms with Gasteiger partial charge in [-0.25, -0.2) is 0 Å². The van der Waals surface area contributed by atoms with Crippen LogP contribution in [0.25, 0.3) is 0 Å². The maximum absolute atomic E-state index is 10.9. The van der Waals surface area contributed by atoms with Crippen molar-refractivity contribution in [2.24, 2.45) is 5.92 Å². The van der Waals surface area contributed by atoms with Crippen molar-refractivity contribution < 1.29 is 15.0 Å². The Morgan fingerprint density at radius 1 is 1.40 bits per heavy atom. The zero-order valence-corrected chi connectivity index (χ0v) is 6.21. The van der Waals surface area contributed by atoms with Crippen molar-refractivity contribution in [2.75, 3.05) is 13.2 Å². The lowest BCUT2D eigenvalue weighted by Crippen LogP contribution is -2.21. The normalized spacial score (nSPS) is 10.4. The third kappa shape index (κ3) is 2.94. The molecule has 0 aliphatic rings. The molecule has 0 spiro atoms. The highest BCUT2D eigenvalue weighted by Gasteiger charge is 2.14. The SMILES string of the molecule is CCCC(=O)C(CO)CO. The molecule has 0 unspecified atom stereocenters. The van der Waals surface area contributed by atoms with Crippen molar-refractivity contribution in [2.45, 2.75) is 19.8 Å². The predicted octanol–water partition coefficient (Wildman–Crippen LogP) is -0.0436. The Labute approximate surface area is 60.7 Å². The molecule has 0 bridgehead atoms. The molecule has 0 aliphatic heterocycles. The van der Waals surface area contributed by atoms with Gasteiger partial charge in [-0.3, -0.25) is 4.79 Å². The van der Waals surface area contributed by atoms with Crippen molar-refractivity contribution in [1.82, 2.24) is 0 Å². The Kier molecular flexibility index (Phi) is 5.16. The van der Waals surface area contributed by atoms with Crippen LogP contribution >= 0.6 is 0 Å². The van der Waals surface area contributed by atoms with Crippen LogP contribution in [0, 0.1) is 5.92 Å². The molecule has 0 saturated heterocycles. The maximum atomic E-state index is 10.9. The molecule has 0 heterocycles. The van der Waals surface area contributed by atoms with Crippen molar-refractivity contribution in [3.05, 3.63) is 0 Å². The number of rotatable bonds is 5. The summed E-state index contributed by atoms with van der Waals surface area (Å²) in [6, 6.07) is 0. The van der Waals surface area contributed by atoms with Gasteiger partial charge in [-0.1, -0.05) is 6.92 Å². The molecule has 0 atom stereocenters. The number of Topliss-reactive ketones (excluding diaryl/α,β-unsaturated/α-hetero) is 1. The van der Waals surface area contributed by atoms with E-state index in [1.54, 1.807) is 0 Å². The van der Waals surface area contributed by atoms with E-state index >= 15 is 0 Å². The van der Waals surface area contributed by atoms with E-state index in [4.69, 9.17) is 10.2 Å². The van der Waals surface area contributed by atoms with Gasteiger partial charge in [-0.2, -0.15) is 0 Å². The molecular weight excluding hydrogens is 132 g/mol. The molecule has 3 heteroatoms. The molecule has 0 aromatic rings. The van der Waals surface area contributed by atoms with E-state index in [1.165, 1.54) is 0 Å². The molecule has 0 amide bonds. The number of hydrogen-bond acceptors (Lipinski definition) is 3. The predicted molar refractivity (Wildman–Crippen MR) is 37.6 cm³/mol. The van der Waals surface area contributed by atoms with Crippen LogP contribution in [-0.4, -0.2) is 29.2 Å². The fourth-order valence-electron chi connectivity index (χ4n) is 0.712. The fourth-order valence-corrected chi connectivity index (χ4v) is 0.712. The van der Waals surface area contributed by atoms with Crippen LogP contribution in [0.3, 0.4) is 0 Å². The van der Waals surface area contributed by atoms with E-state index in [0.717, 1.165) is 6.42 Å². The highest BCUT2D eigenvalue weighted by molar-refractivity contribution is 5.81. The minimum Gasteiger partial charge on any atom is -0.396 e. The van der Waals surface area contributed by atoms with Crippen LogP contribution in [0.4, 0.5) is 0 Å². The van der Waals surface area contributed by atoms with E-state index in [-0.39, 0.29) is 19.0 Å². The van der Waals surface area contributed by atoms with Crippen molar-refractivity contribution >= 4 is 5.78 Å². The van der Waals surface area contributed by atoms with E-state index in [2.05, 4.69) is 0 Å². The lowest BCUT2D eigenvalue weighted by Gasteiger charge is -2.07. The average molecular weight is 146 g/mol. The van der Waals surface area contributed by atoms with Crippen LogP contribution < -0.4 is 0 Å². The standard InChI is InChI=1S/C7H14O3/c1-2-3-7(10)6(4-8)5-9/h6,8-9H,2-5H2,1H3. The summed E-state index contributed by atoms with van der Waals surface area (Å²) in [5.74, 6) is -0.604. The molecular formula is C7H14O3. The number of aliphatic hydroxyl groups is 2. The van der Waals surface area contributed by atoms with Gasteiger partial charge in [0, 0.05) is 6.42 Å². The average Bonchev–Trinajstić information content (AvgIpc) is 1.91. The highest BCUT2D eigenvalue weighted by atomic mass is 16.3. The van der Waals surface area contributed by atoms with Crippen molar-refractivity contribution in [3.63, 3.8) is 0 Å². The summed E-state index contributed by atoms with van der Waals surface area (Å²) in [5.41, 5.74) is 0. The van der Waals surface area contributed by atoms with Gasteiger partial charge >= 0.3 is 0 Å². The van der Waals surface area contributed by atoms with Gasteiger partial charge in [-0.05, 0) is 6.42 Å². The first-order chi connectivity index (χ1) is 4.76. The van der Waals surface area contributed by atoms with E-state index in [9.17, 15) is 4.79 Å². The molecule has 0 fully saturated rings. The van der Waals surface area contributed by atoms with Crippen LogP contribution in [-0.2, 0) is 4.79 Å². The molecule has 0 saturated carbocycles. The summed E-state index contributed by atoms with van der Waals surface area (Å²) in [6.45, 7) is 1.41. The molecule has 0 aromatic heterocycles. The summed E-state index contributed by atoms with van der Waals surface area (Å²) in [6.07, 6.45) is 1.22. The Morgan fingerprint density at radius 3 is 2.20 bits per heavy atom. The maximum Gasteiger partial charge on any atom is 0.140 e. The second-order valence-corrected chi connectivity index (χ2v) is 2.28. The van der Waals surface area contributed by atoms with Gasteiger partial charge in [0.1, 0.15) is 5.78 Å². The Hall–Kier alpha value is -0.410. The van der Waals surface area contributed by atoms with Crippen molar-refractivity contribution in [3.8, 4) is 0 Å². The number of hydrogen-bond donors (Lipinski definition) is 2. The minimum atomic E-state index is -0.556. The highest BCUT2D eigenvalue weighted by Crippen LogP contribution is 2.01. The first kappa shape index (κ1) is 9.59. The minimum absolute atomic E-state index is 0.0486. The Bertz CT molecular complexity index is 97.0. The molecule has 0 rings (SSSR count). The molecule has 60 valence electrons. The van der Waals surface area contributed by atoms with Crippen molar-refractivity contribution in [1.29, 1.82) is 0 Å². The van der Waals surface area contributed by atoms with E-state index in [0.29, 0.717) is 6.42 Å². The number of carbonyl (C=O) groups excluding carboxylic acids is 1. The molecule has 10 heavy (non-hydrogen) atoms. The lowest BCUT2D eigenvalue weighted by molar-refractivity contribution is -0.125. The monoisotopic (exact) mass is 146 g/mol. The van der Waals surface area contributed by atoms with E-state index in [1.807, 2.05) is 6.92 Å². The number of carbonyl (C=O) groups is 1. The largest absolute Gasteiger partial charge is 0.396 e. The second kappa shape index (κ2) is 5.38. The first-order valence-corrected chi connectivity index (χ1v) is 3.50. The van der Waals surface area contributed by atoms with Crippen LogP contribution in [0.1, 0.15) is 19.8 Å². The van der Waals surface area contributed by atoms with Gasteiger partial charge in [0.05, 0.1) is 19.1 Å². The molecule has 0 aromatic carbocycles. The number of ketones is 1. The van der Waals surface area contributed by atoms with Crippen LogP contribution in [0.5, 0.6) is 0 Å². The molecule has 0 aliphatic carbocycles. The summed E-state index contributed by atoms with van der Waals surface area (Å²) >= 11 is 0. The number of aliphatic hydroxyl groups excluding tert-OH is 2. The Balaban J connectivity index is 3.65. The molecule has 2 N–H and O–H groups in total. The summed E-state index contributed by atoms with van der Waals surface area (Å²) < 4.78 is 0. The van der Waals surface area contributed by atoms with Crippen LogP contribution in [0.15, 0.2) is 0 Å². The van der Waals surface area contributed by atoms with Crippen LogP contribution in [0.2, 0.25) is 0 Å².